The fourth-order valence-corrected chi connectivity index (χ4v) is 6.12. The second-order valence-corrected chi connectivity index (χ2v) is 11.7. The van der Waals surface area contributed by atoms with Gasteiger partial charge in [0.15, 0.2) is 23.0 Å². The number of carbonyl (C=O) groups is 1. The molecule has 1 amide bonds. The molecule has 5 N–H and O–H groups in total. The quantitative estimate of drug-likeness (QED) is 0.160. The van der Waals surface area contributed by atoms with Crippen LogP contribution in [0.3, 0.4) is 0 Å². The molecule has 0 aliphatic carbocycles. The van der Waals surface area contributed by atoms with E-state index in [2.05, 4.69) is 5.32 Å². The number of aromatic hydroxyl groups is 4. The Morgan fingerprint density at radius 2 is 1.41 bits per heavy atom. The van der Waals surface area contributed by atoms with Gasteiger partial charge in [0.25, 0.3) is 5.91 Å². The smallest absolute Gasteiger partial charge is 0.251 e. The summed E-state index contributed by atoms with van der Waals surface area (Å²) in [6.07, 6.45) is 0. The van der Waals surface area contributed by atoms with Crippen LogP contribution in [-0.4, -0.2) is 39.1 Å². The van der Waals surface area contributed by atoms with Crippen molar-refractivity contribution < 1.29 is 38.0 Å². The van der Waals surface area contributed by atoms with E-state index < -0.39 is 49.6 Å². The molecule has 0 aromatic heterocycles. The molecule has 0 saturated heterocycles. The number of nitrogens with zero attached hydrogens (tertiary/aromatic N) is 1. The van der Waals surface area contributed by atoms with Gasteiger partial charge in [0.1, 0.15) is 10.7 Å². The van der Waals surface area contributed by atoms with E-state index in [1.54, 1.807) is 24.3 Å². The normalized spacial score (nSPS) is 11.5. The molecule has 0 fully saturated rings. The van der Waals surface area contributed by atoms with Crippen LogP contribution in [0.1, 0.15) is 27.0 Å². The molecule has 0 aliphatic heterocycles. The summed E-state index contributed by atoms with van der Waals surface area (Å²) in [5.41, 5.74) is 1.50. The largest absolute Gasteiger partial charge is 0.505 e. The third-order valence-corrected chi connectivity index (χ3v) is 8.33. The Bertz CT molecular complexity index is 1690. The molecule has 0 aliphatic rings. The first-order valence-corrected chi connectivity index (χ1v) is 14.1. The second kappa shape index (κ2) is 12.2. The molecule has 0 spiro atoms. The summed E-state index contributed by atoms with van der Waals surface area (Å²) in [5, 5.41) is 41.6. The maximum Gasteiger partial charge on any atom is 0.251 e. The van der Waals surface area contributed by atoms with Crippen molar-refractivity contribution in [3.05, 3.63) is 111 Å². The minimum absolute atomic E-state index is 0.00103. The second-order valence-electron chi connectivity index (χ2n) is 9.00. The zero-order valence-corrected chi connectivity index (χ0v) is 23.4. The van der Waals surface area contributed by atoms with Crippen molar-refractivity contribution in [2.24, 2.45) is 0 Å². The fraction of sp³-hybridized carbons (Fsp3) is 0.107. The Kier molecular flexibility index (Phi) is 8.93. The van der Waals surface area contributed by atoms with Gasteiger partial charge in [-0.05, 0) is 53.1 Å². The number of hydrogen-bond acceptors (Lipinski definition) is 7. The standard InChI is InChI=1S/C28H23Cl2FN2O7S/c29-20-11-22(30)26(36)25(12-20)41(39,40)33(14-16-4-6-21(31)7-5-16)15-18-3-1-2-17(8-18)13-32-28(38)19-9-23(34)27(37)24(35)10-19/h1-12,34-37H,13-15H2,(H,32,38). The van der Waals surface area contributed by atoms with E-state index in [1.807, 2.05) is 0 Å². The van der Waals surface area contributed by atoms with Gasteiger partial charge in [-0.15, -0.1) is 0 Å². The van der Waals surface area contributed by atoms with Crippen molar-refractivity contribution in [2.75, 3.05) is 0 Å². The van der Waals surface area contributed by atoms with Gasteiger partial charge in [0.05, 0.1) is 5.02 Å². The number of nitrogens with one attached hydrogen (secondary N) is 1. The highest BCUT2D eigenvalue weighted by Gasteiger charge is 2.29. The van der Waals surface area contributed by atoms with Gasteiger partial charge in [-0.1, -0.05) is 59.6 Å². The van der Waals surface area contributed by atoms with Crippen LogP contribution in [0.5, 0.6) is 23.0 Å². The number of amides is 1. The number of rotatable bonds is 9. The van der Waals surface area contributed by atoms with Crippen LogP contribution < -0.4 is 5.32 Å². The Hall–Kier alpha value is -4.03. The molecule has 214 valence electrons. The maximum absolute atomic E-state index is 13.7. The molecule has 41 heavy (non-hydrogen) atoms. The molecule has 0 saturated carbocycles. The van der Waals surface area contributed by atoms with Crippen LogP contribution in [0.4, 0.5) is 4.39 Å². The van der Waals surface area contributed by atoms with Crippen LogP contribution in [0, 0.1) is 5.82 Å². The van der Waals surface area contributed by atoms with Gasteiger partial charge in [-0.25, -0.2) is 12.8 Å². The molecule has 4 rings (SSSR count). The molecule has 9 nitrogen and oxygen atoms in total. The molecule has 0 unspecified atom stereocenters. The molecule has 4 aromatic carbocycles. The van der Waals surface area contributed by atoms with Gasteiger partial charge in [-0.3, -0.25) is 4.79 Å². The predicted molar refractivity (Wildman–Crippen MR) is 150 cm³/mol. The maximum atomic E-state index is 13.7. The lowest BCUT2D eigenvalue weighted by Crippen LogP contribution is -2.30. The topological polar surface area (TPSA) is 147 Å². The highest BCUT2D eigenvalue weighted by Crippen LogP contribution is 2.37. The Morgan fingerprint density at radius 3 is 2.07 bits per heavy atom. The predicted octanol–water partition coefficient (Wildman–Crippen LogP) is 5.28. The number of sulfonamides is 1. The number of phenolic OH excluding ortho intramolecular Hbond substituents is 4. The van der Waals surface area contributed by atoms with Crippen molar-refractivity contribution in [1.82, 2.24) is 9.62 Å². The Labute approximate surface area is 244 Å². The summed E-state index contributed by atoms with van der Waals surface area (Å²) in [6.45, 7) is -0.351. The van der Waals surface area contributed by atoms with Crippen molar-refractivity contribution in [3.63, 3.8) is 0 Å². The summed E-state index contributed by atoms with van der Waals surface area (Å²) >= 11 is 12.0. The van der Waals surface area contributed by atoms with Crippen LogP contribution >= 0.6 is 23.2 Å². The van der Waals surface area contributed by atoms with Crippen molar-refractivity contribution >= 4 is 39.1 Å². The molecule has 0 atom stereocenters. The van der Waals surface area contributed by atoms with Gasteiger partial charge in [-0.2, -0.15) is 4.31 Å². The van der Waals surface area contributed by atoms with E-state index in [-0.39, 0.29) is 35.2 Å². The molecule has 0 radical (unpaired) electrons. The SMILES string of the molecule is O=C(NCc1cccc(CN(Cc2ccc(F)cc2)S(=O)(=O)c2cc(Cl)cc(Cl)c2O)c1)c1cc(O)c(O)c(O)c1. The first-order valence-electron chi connectivity index (χ1n) is 11.9. The van der Waals surface area contributed by atoms with E-state index in [0.717, 1.165) is 22.5 Å². The average molecular weight is 621 g/mol. The van der Waals surface area contributed by atoms with E-state index in [4.69, 9.17) is 23.2 Å². The zero-order valence-electron chi connectivity index (χ0n) is 21.1. The number of carbonyl (C=O) groups excluding carboxylic acids is 1. The van der Waals surface area contributed by atoms with E-state index in [0.29, 0.717) is 16.7 Å². The highest BCUT2D eigenvalue weighted by atomic mass is 35.5. The van der Waals surface area contributed by atoms with Crippen molar-refractivity contribution in [1.29, 1.82) is 0 Å². The zero-order chi connectivity index (χ0) is 29.9. The number of benzene rings is 4. The van der Waals surface area contributed by atoms with Crippen molar-refractivity contribution in [2.45, 2.75) is 24.5 Å². The minimum atomic E-state index is -4.39. The van der Waals surface area contributed by atoms with Gasteiger partial charge >= 0.3 is 0 Å². The lowest BCUT2D eigenvalue weighted by atomic mass is 10.1. The number of hydrogen-bond donors (Lipinski definition) is 5. The summed E-state index contributed by atoms with van der Waals surface area (Å²) in [7, 11) is -4.39. The first-order chi connectivity index (χ1) is 19.3. The van der Waals surface area contributed by atoms with Crippen LogP contribution in [0.15, 0.2) is 77.7 Å². The average Bonchev–Trinajstić information content (AvgIpc) is 2.93. The van der Waals surface area contributed by atoms with E-state index in [9.17, 15) is 38.0 Å². The fourth-order valence-electron chi connectivity index (χ4n) is 3.96. The molecular weight excluding hydrogens is 598 g/mol. The summed E-state index contributed by atoms with van der Waals surface area (Å²) < 4.78 is 42.0. The van der Waals surface area contributed by atoms with Crippen molar-refractivity contribution in [3.8, 4) is 23.0 Å². The first kappa shape index (κ1) is 29.9. The number of halogens is 3. The summed E-state index contributed by atoms with van der Waals surface area (Å²) in [4.78, 5) is 12.0. The molecule has 4 aromatic rings. The van der Waals surface area contributed by atoms with E-state index >= 15 is 0 Å². The van der Waals surface area contributed by atoms with Crippen LogP contribution in [0.25, 0.3) is 0 Å². The third-order valence-electron chi connectivity index (χ3n) is 6.02. The summed E-state index contributed by atoms with van der Waals surface area (Å²) in [6, 6.07) is 16.2. The van der Waals surface area contributed by atoms with Crippen LogP contribution in [0.2, 0.25) is 10.0 Å². The monoisotopic (exact) mass is 620 g/mol. The summed E-state index contributed by atoms with van der Waals surface area (Å²) in [5.74, 6) is -3.87. The van der Waals surface area contributed by atoms with Crippen LogP contribution in [-0.2, 0) is 29.7 Å². The number of phenols is 4. The van der Waals surface area contributed by atoms with Gasteiger partial charge in [0, 0.05) is 30.2 Å². The molecule has 0 bridgehead atoms. The Morgan fingerprint density at radius 1 is 0.805 bits per heavy atom. The molecule has 13 heteroatoms. The lowest BCUT2D eigenvalue weighted by molar-refractivity contribution is 0.0950. The third kappa shape index (κ3) is 7.01. The van der Waals surface area contributed by atoms with Gasteiger partial charge < -0.3 is 25.7 Å². The molecule has 0 heterocycles. The van der Waals surface area contributed by atoms with Gasteiger partial charge in [0.2, 0.25) is 10.0 Å². The Balaban J connectivity index is 1.60. The highest BCUT2D eigenvalue weighted by molar-refractivity contribution is 7.89. The van der Waals surface area contributed by atoms with E-state index in [1.165, 1.54) is 30.3 Å². The molecular formula is C28H23Cl2FN2O7S. The minimum Gasteiger partial charge on any atom is -0.505 e. The lowest BCUT2D eigenvalue weighted by Gasteiger charge is -2.24.